The molecule has 0 saturated heterocycles. The Kier molecular flexibility index (Phi) is 6.52. The lowest BCUT2D eigenvalue weighted by Crippen LogP contribution is -2.37. The van der Waals surface area contributed by atoms with Gasteiger partial charge in [-0.2, -0.15) is 13.2 Å². The Morgan fingerprint density at radius 2 is 1.77 bits per heavy atom. The Morgan fingerprint density at radius 3 is 2.40 bits per heavy atom. The second-order valence-electron chi connectivity index (χ2n) is 7.53. The number of fused-ring (bicyclic) bond motifs is 1. The van der Waals surface area contributed by atoms with E-state index in [0.29, 0.717) is 22.5 Å². The number of anilines is 2. The maximum absolute atomic E-state index is 13.2. The third kappa shape index (κ3) is 4.98. The van der Waals surface area contributed by atoms with Crippen LogP contribution in [0.2, 0.25) is 0 Å². The van der Waals surface area contributed by atoms with Crippen LogP contribution in [-0.2, 0) is 22.7 Å². The number of hydrogen-bond acceptors (Lipinski definition) is 6. The number of amidine groups is 1. The number of amides is 1. The Hall–Kier alpha value is -3.51. The highest BCUT2D eigenvalue weighted by Gasteiger charge is 2.37. The topological polar surface area (TPSA) is 105 Å². The molecule has 182 valence electrons. The first-order valence-corrected chi connectivity index (χ1v) is 12.8. The lowest BCUT2D eigenvalue weighted by molar-refractivity contribution is -0.137. The highest BCUT2D eigenvalue weighted by molar-refractivity contribution is 8.14. The molecule has 0 bridgehead atoms. The van der Waals surface area contributed by atoms with Gasteiger partial charge < -0.3 is 11.1 Å². The smallest absolute Gasteiger partial charge is 0.397 e. The van der Waals surface area contributed by atoms with Crippen molar-refractivity contribution in [2.75, 3.05) is 17.3 Å². The molecule has 0 radical (unpaired) electrons. The Morgan fingerprint density at radius 1 is 1.09 bits per heavy atom. The maximum atomic E-state index is 13.2. The lowest BCUT2D eigenvalue weighted by atomic mass is 10.1. The van der Waals surface area contributed by atoms with Crippen LogP contribution in [0.25, 0.3) is 0 Å². The Bertz CT molecular complexity index is 1420. The largest absolute Gasteiger partial charge is 0.416 e. The summed E-state index contributed by atoms with van der Waals surface area (Å²) in [4.78, 5) is 16.4. The normalized spacial score (nSPS) is 14.7. The zero-order chi connectivity index (χ0) is 25.4. The molecule has 3 N–H and O–H groups in total. The Balaban J connectivity index is 1.58. The van der Waals surface area contributed by atoms with Crippen LogP contribution in [-0.4, -0.2) is 30.1 Å². The molecule has 3 aromatic rings. The summed E-state index contributed by atoms with van der Waals surface area (Å²) >= 11 is 1.00. The number of alkyl halides is 3. The van der Waals surface area contributed by atoms with Crippen molar-refractivity contribution in [3.05, 3.63) is 83.4 Å². The number of sulfonamides is 1. The van der Waals surface area contributed by atoms with Gasteiger partial charge in [-0.15, -0.1) is 0 Å². The number of nitrogen functional groups attached to an aromatic ring is 1. The average Bonchev–Trinajstić information content (AvgIpc) is 2.81. The first kappa shape index (κ1) is 24.6. The molecule has 0 atom stereocenters. The van der Waals surface area contributed by atoms with Gasteiger partial charge in [-0.1, -0.05) is 36.0 Å². The molecule has 12 heteroatoms. The Labute approximate surface area is 203 Å². The number of thioether (sulfide) groups is 1. The molecule has 0 aromatic heterocycles. The lowest BCUT2D eigenvalue weighted by Gasteiger charge is -2.29. The van der Waals surface area contributed by atoms with Crippen molar-refractivity contribution in [1.82, 2.24) is 4.31 Å². The van der Waals surface area contributed by atoms with E-state index in [1.165, 1.54) is 0 Å². The minimum atomic E-state index is -4.62. The molecular weight excluding hydrogens is 501 g/mol. The molecule has 0 unspecified atom stereocenters. The van der Waals surface area contributed by atoms with E-state index in [4.69, 9.17) is 5.73 Å². The number of nitrogens with two attached hydrogens (primary N) is 1. The fourth-order valence-corrected chi connectivity index (χ4v) is 5.80. The molecule has 35 heavy (non-hydrogen) atoms. The summed E-state index contributed by atoms with van der Waals surface area (Å²) in [6.07, 6.45) is -3.03. The number of carbonyl (C=O) groups excluding carboxylic acids is 1. The molecular formula is C23H19F3N4O3S2. The van der Waals surface area contributed by atoms with Gasteiger partial charge in [0.05, 0.1) is 29.2 Å². The van der Waals surface area contributed by atoms with Gasteiger partial charge >= 0.3 is 6.18 Å². The van der Waals surface area contributed by atoms with Crippen molar-refractivity contribution in [3.63, 3.8) is 0 Å². The van der Waals surface area contributed by atoms with Gasteiger partial charge in [-0.3, -0.25) is 4.79 Å². The van der Waals surface area contributed by atoms with Crippen molar-refractivity contribution >= 4 is 49.9 Å². The van der Waals surface area contributed by atoms with E-state index in [-0.39, 0.29) is 28.2 Å². The summed E-state index contributed by atoms with van der Waals surface area (Å²) in [6, 6.07) is 15.5. The number of nitrogens with zero attached hydrogens (tertiary/aromatic N) is 2. The molecule has 0 fully saturated rings. The molecule has 7 nitrogen and oxygen atoms in total. The standard InChI is InChI=1S/C23H19F3N4O3S2/c1-34-22-29-19-12-16(23(24,25)26)10-11-20(19)35(32,33)30(22)13-14-6-8-15(9-7-14)21(31)28-18-5-3-2-4-17(18)27/h2-12H,13,27H2,1H3,(H,28,31). The maximum Gasteiger partial charge on any atom is 0.416 e. The van der Waals surface area contributed by atoms with Crippen molar-refractivity contribution in [2.45, 2.75) is 17.6 Å². The zero-order valence-electron chi connectivity index (χ0n) is 18.2. The number of nitrogens with one attached hydrogen (secondary N) is 1. The second kappa shape index (κ2) is 9.27. The van der Waals surface area contributed by atoms with Gasteiger partial charge in [0.15, 0.2) is 5.17 Å². The van der Waals surface area contributed by atoms with E-state index in [2.05, 4.69) is 10.3 Å². The third-order valence-electron chi connectivity index (χ3n) is 5.22. The zero-order valence-corrected chi connectivity index (χ0v) is 19.8. The van der Waals surface area contributed by atoms with Crippen molar-refractivity contribution in [3.8, 4) is 0 Å². The molecule has 0 spiro atoms. The molecule has 0 aliphatic carbocycles. The molecule has 1 aliphatic rings. The number of carbonyl (C=O) groups is 1. The molecule has 1 aliphatic heterocycles. The number of rotatable bonds is 4. The van der Waals surface area contributed by atoms with Crippen LogP contribution in [0.3, 0.4) is 0 Å². The number of halogens is 3. The number of para-hydroxylation sites is 2. The monoisotopic (exact) mass is 520 g/mol. The quantitative estimate of drug-likeness (QED) is 0.466. The van der Waals surface area contributed by atoms with Gasteiger partial charge in [0, 0.05) is 5.56 Å². The molecule has 4 rings (SSSR count). The highest BCUT2D eigenvalue weighted by Crippen LogP contribution is 2.39. The number of hydrogen-bond donors (Lipinski definition) is 2. The van der Waals surface area contributed by atoms with E-state index in [0.717, 1.165) is 34.3 Å². The van der Waals surface area contributed by atoms with E-state index in [9.17, 15) is 26.4 Å². The summed E-state index contributed by atoms with van der Waals surface area (Å²) in [6.45, 7) is -0.115. The highest BCUT2D eigenvalue weighted by atomic mass is 32.2. The van der Waals surface area contributed by atoms with Crippen LogP contribution >= 0.6 is 11.8 Å². The molecule has 3 aromatic carbocycles. The first-order valence-electron chi connectivity index (χ1n) is 10.1. The fourth-order valence-electron chi connectivity index (χ4n) is 3.41. The van der Waals surface area contributed by atoms with Crippen LogP contribution in [0.5, 0.6) is 0 Å². The van der Waals surface area contributed by atoms with Gasteiger partial charge in [0.1, 0.15) is 4.90 Å². The van der Waals surface area contributed by atoms with E-state index in [1.807, 2.05) is 0 Å². The third-order valence-corrected chi connectivity index (χ3v) is 7.79. The molecule has 1 amide bonds. The predicted octanol–water partition coefficient (Wildman–Crippen LogP) is 5.09. The van der Waals surface area contributed by atoms with Gasteiger partial charge in [0.2, 0.25) is 0 Å². The summed E-state index contributed by atoms with van der Waals surface area (Å²) < 4.78 is 66.7. The van der Waals surface area contributed by atoms with Crippen molar-refractivity contribution in [1.29, 1.82) is 0 Å². The average molecular weight is 521 g/mol. The summed E-state index contributed by atoms with van der Waals surface area (Å²) in [5.74, 6) is -0.388. The van der Waals surface area contributed by atoms with Crippen LogP contribution in [0.4, 0.5) is 30.2 Å². The fraction of sp³-hybridized carbons (Fsp3) is 0.130. The van der Waals surface area contributed by atoms with Gasteiger partial charge in [-0.05, 0) is 54.3 Å². The first-order chi connectivity index (χ1) is 16.5. The number of aliphatic imine (C=N–C) groups is 1. The van der Waals surface area contributed by atoms with Crippen molar-refractivity contribution < 1.29 is 26.4 Å². The minimum Gasteiger partial charge on any atom is -0.397 e. The summed E-state index contributed by atoms with van der Waals surface area (Å²) in [7, 11) is -4.16. The van der Waals surface area contributed by atoms with Crippen LogP contribution in [0.15, 0.2) is 76.6 Å². The minimum absolute atomic E-state index is 0.0400. The molecule has 1 heterocycles. The van der Waals surface area contributed by atoms with Gasteiger partial charge in [0.25, 0.3) is 15.9 Å². The van der Waals surface area contributed by atoms with Crippen LogP contribution < -0.4 is 11.1 Å². The van der Waals surface area contributed by atoms with Gasteiger partial charge in [-0.25, -0.2) is 17.7 Å². The summed E-state index contributed by atoms with van der Waals surface area (Å²) in [5.41, 5.74) is 6.39. The predicted molar refractivity (Wildman–Crippen MR) is 130 cm³/mol. The van der Waals surface area contributed by atoms with Crippen LogP contribution in [0, 0.1) is 0 Å². The van der Waals surface area contributed by atoms with E-state index >= 15 is 0 Å². The van der Waals surface area contributed by atoms with E-state index < -0.39 is 21.8 Å². The van der Waals surface area contributed by atoms with Crippen molar-refractivity contribution in [2.24, 2.45) is 4.99 Å². The SMILES string of the molecule is CSC1=Nc2cc(C(F)(F)F)ccc2S(=O)(=O)N1Cc1ccc(C(=O)Nc2ccccc2N)cc1. The second-order valence-corrected chi connectivity index (χ2v) is 10.1. The van der Waals surface area contributed by atoms with Crippen LogP contribution in [0.1, 0.15) is 21.5 Å². The van der Waals surface area contributed by atoms with E-state index in [1.54, 1.807) is 54.8 Å². The number of benzene rings is 3. The molecule has 0 saturated carbocycles. The summed E-state index contributed by atoms with van der Waals surface area (Å²) in [5, 5.41) is 2.75.